The molecule has 0 bridgehead atoms. The minimum Gasteiger partial charge on any atom is -0.336 e. The Morgan fingerprint density at radius 3 is 2.61 bits per heavy atom. The summed E-state index contributed by atoms with van der Waals surface area (Å²) >= 11 is 1.60. The van der Waals surface area contributed by atoms with Crippen LogP contribution in [0.4, 0.5) is 0 Å². The van der Waals surface area contributed by atoms with Crippen LogP contribution in [-0.2, 0) is 13.6 Å². The summed E-state index contributed by atoms with van der Waals surface area (Å²) < 4.78 is 1.51. The van der Waals surface area contributed by atoms with Crippen molar-refractivity contribution in [3.05, 3.63) is 49.3 Å². The maximum Gasteiger partial charge on any atom is 0.263 e. The third-order valence-corrected chi connectivity index (χ3v) is 5.08. The first kappa shape index (κ1) is 17.4. The zero-order chi connectivity index (χ0) is 17.3. The normalized spacial score (nSPS) is 11.1. The van der Waals surface area contributed by atoms with Crippen LogP contribution >= 0.6 is 11.3 Å². The smallest absolute Gasteiger partial charge is 0.263 e. The van der Waals surface area contributed by atoms with E-state index in [4.69, 9.17) is 0 Å². The molecule has 0 N–H and O–H groups in total. The summed E-state index contributed by atoms with van der Waals surface area (Å²) in [6.07, 6.45) is 0. The molecule has 0 saturated carbocycles. The first-order valence-electron chi connectivity index (χ1n) is 7.59. The predicted molar refractivity (Wildman–Crippen MR) is 93.2 cm³/mol. The number of carbonyl (C=O) groups excluding carboxylic acids is 1. The van der Waals surface area contributed by atoms with Gasteiger partial charge in [0, 0.05) is 31.1 Å². The van der Waals surface area contributed by atoms with E-state index in [2.05, 4.69) is 18.8 Å². The van der Waals surface area contributed by atoms with E-state index < -0.39 is 0 Å². The molecule has 0 unspecified atom stereocenters. The van der Waals surface area contributed by atoms with Gasteiger partial charge in [-0.1, -0.05) is 13.8 Å². The lowest BCUT2D eigenvalue weighted by Gasteiger charge is -2.18. The molecule has 0 saturated heterocycles. The molecule has 0 fully saturated rings. The number of hydrogen-bond acceptors (Lipinski definition) is 4. The van der Waals surface area contributed by atoms with Crippen LogP contribution in [0.3, 0.4) is 0 Å². The van der Waals surface area contributed by atoms with Gasteiger partial charge in [-0.25, -0.2) is 4.98 Å². The van der Waals surface area contributed by atoms with Crippen molar-refractivity contribution < 1.29 is 4.79 Å². The summed E-state index contributed by atoms with van der Waals surface area (Å²) in [4.78, 5) is 31.2. The van der Waals surface area contributed by atoms with Crippen LogP contribution in [0.15, 0.2) is 16.2 Å². The number of nitrogens with zero attached hydrogens (tertiary/aromatic N) is 3. The monoisotopic (exact) mass is 333 g/mol. The van der Waals surface area contributed by atoms with Gasteiger partial charge in [-0.05, 0) is 25.5 Å². The molecule has 2 aromatic rings. The van der Waals surface area contributed by atoms with Crippen molar-refractivity contribution in [1.29, 1.82) is 0 Å². The molecule has 0 aliphatic rings. The molecule has 6 heteroatoms. The maximum atomic E-state index is 12.7. The summed E-state index contributed by atoms with van der Waals surface area (Å²) in [6.45, 7) is 8.25. The Hall–Kier alpha value is -1.95. The SMILES string of the molecule is Cc1cc(C)n(C)c(=O)c1C(=O)N(C)Cc1csc(C(C)C)n1. The van der Waals surface area contributed by atoms with Crippen LogP contribution in [0.5, 0.6) is 0 Å². The van der Waals surface area contributed by atoms with E-state index in [0.29, 0.717) is 18.0 Å². The lowest BCUT2D eigenvalue weighted by atomic mass is 10.1. The van der Waals surface area contributed by atoms with E-state index in [1.807, 2.05) is 18.4 Å². The number of hydrogen-bond donors (Lipinski definition) is 0. The topological polar surface area (TPSA) is 55.2 Å². The number of thiazole rings is 1. The quantitative estimate of drug-likeness (QED) is 0.864. The number of aromatic nitrogens is 2. The van der Waals surface area contributed by atoms with Gasteiger partial charge in [-0.15, -0.1) is 11.3 Å². The summed E-state index contributed by atoms with van der Waals surface area (Å²) in [7, 11) is 3.39. The highest BCUT2D eigenvalue weighted by Crippen LogP contribution is 2.20. The van der Waals surface area contributed by atoms with Gasteiger partial charge in [0.2, 0.25) is 0 Å². The van der Waals surface area contributed by atoms with Crippen LogP contribution in [0.1, 0.15) is 52.1 Å². The third kappa shape index (κ3) is 3.52. The van der Waals surface area contributed by atoms with E-state index in [1.54, 1.807) is 37.3 Å². The van der Waals surface area contributed by atoms with Crippen LogP contribution in [0, 0.1) is 13.8 Å². The average molecular weight is 333 g/mol. The molecular weight excluding hydrogens is 310 g/mol. The minimum absolute atomic E-state index is 0.236. The van der Waals surface area contributed by atoms with Gasteiger partial charge < -0.3 is 9.47 Å². The largest absolute Gasteiger partial charge is 0.336 e. The Kier molecular flexibility index (Phi) is 5.04. The fraction of sp³-hybridized carbons (Fsp3) is 0.471. The summed E-state index contributed by atoms with van der Waals surface area (Å²) in [6, 6.07) is 1.86. The molecule has 5 nitrogen and oxygen atoms in total. The lowest BCUT2D eigenvalue weighted by molar-refractivity contribution is 0.0780. The molecule has 1 amide bonds. The van der Waals surface area contributed by atoms with E-state index >= 15 is 0 Å². The molecule has 0 aromatic carbocycles. The van der Waals surface area contributed by atoms with Crippen molar-refractivity contribution in [3.63, 3.8) is 0 Å². The van der Waals surface area contributed by atoms with E-state index in [-0.39, 0.29) is 17.0 Å². The summed E-state index contributed by atoms with van der Waals surface area (Å²) in [5.74, 6) is 0.114. The second-order valence-corrected chi connectivity index (χ2v) is 7.09. The second kappa shape index (κ2) is 6.66. The molecule has 2 rings (SSSR count). The Balaban J connectivity index is 2.26. The molecule has 124 valence electrons. The van der Waals surface area contributed by atoms with Gasteiger partial charge in [0.25, 0.3) is 11.5 Å². The van der Waals surface area contributed by atoms with Gasteiger partial charge in [0.05, 0.1) is 17.2 Å². The molecule has 0 radical (unpaired) electrons. The minimum atomic E-state index is -0.262. The van der Waals surface area contributed by atoms with Crippen molar-refractivity contribution in [2.24, 2.45) is 7.05 Å². The molecule has 23 heavy (non-hydrogen) atoms. The van der Waals surface area contributed by atoms with Crippen molar-refractivity contribution in [1.82, 2.24) is 14.5 Å². The standard InChI is InChI=1S/C17H23N3O2S/c1-10(2)15-18-13(9-23-15)8-19(5)16(21)14-11(3)7-12(4)20(6)17(14)22/h7,9-10H,8H2,1-6H3. The molecular formula is C17H23N3O2S. The van der Waals surface area contributed by atoms with Crippen molar-refractivity contribution in [2.45, 2.75) is 40.2 Å². The molecule has 0 aliphatic carbocycles. The first-order chi connectivity index (χ1) is 10.7. The zero-order valence-electron chi connectivity index (χ0n) is 14.5. The van der Waals surface area contributed by atoms with Gasteiger partial charge in [0.15, 0.2) is 0 Å². The lowest BCUT2D eigenvalue weighted by Crippen LogP contribution is -2.35. The Morgan fingerprint density at radius 1 is 1.39 bits per heavy atom. The number of rotatable bonds is 4. The van der Waals surface area contributed by atoms with Crippen molar-refractivity contribution in [3.8, 4) is 0 Å². The van der Waals surface area contributed by atoms with Crippen LogP contribution in [-0.4, -0.2) is 27.4 Å². The number of pyridine rings is 1. The molecule has 2 heterocycles. The fourth-order valence-electron chi connectivity index (χ4n) is 2.41. The number of amides is 1. The van der Waals surface area contributed by atoms with Crippen LogP contribution < -0.4 is 5.56 Å². The van der Waals surface area contributed by atoms with E-state index in [9.17, 15) is 9.59 Å². The fourth-order valence-corrected chi connectivity index (χ4v) is 3.23. The highest BCUT2D eigenvalue weighted by molar-refractivity contribution is 7.09. The zero-order valence-corrected chi connectivity index (χ0v) is 15.3. The van der Waals surface area contributed by atoms with Gasteiger partial charge in [-0.3, -0.25) is 9.59 Å². The average Bonchev–Trinajstić information content (AvgIpc) is 2.93. The van der Waals surface area contributed by atoms with Gasteiger partial charge in [0.1, 0.15) is 5.56 Å². The van der Waals surface area contributed by atoms with Crippen molar-refractivity contribution >= 4 is 17.2 Å². The number of carbonyl (C=O) groups is 1. The Bertz CT molecular complexity index is 790. The van der Waals surface area contributed by atoms with Crippen LogP contribution in [0.2, 0.25) is 0 Å². The second-order valence-electron chi connectivity index (χ2n) is 6.20. The molecule has 0 aliphatic heterocycles. The molecule has 0 atom stereocenters. The van der Waals surface area contributed by atoms with E-state index in [0.717, 1.165) is 16.4 Å². The van der Waals surface area contributed by atoms with Gasteiger partial charge in [-0.2, -0.15) is 0 Å². The Morgan fingerprint density at radius 2 is 2.04 bits per heavy atom. The van der Waals surface area contributed by atoms with Crippen molar-refractivity contribution in [2.75, 3.05) is 7.05 Å². The third-order valence-electron chi connectivity index (χ3n) is 3.89. The highest BCUT2D eigenvalue weighted by atomic mass is 32.1. The summed E-state index contributed by atoms with van der Waals surface area (Å²) in [5.41, 5.74) is 2.40. The summed E-state index contributed by atoms with van der Waals surface area (Å²) in [5, 5.41) is 3.03. The van der Waals surface area contributed by atoms with Gasteiger partial charge >= 0.3 is 0 Å². The highest BCUT2D eigenvalue weighted by Gasteiger charge is 2.20. The van der Waals surface area contributed by atoms with E-state index in [1.165, 1.54) is 4.57 Å². The Labute approximate surface area is 140 Å². The van der Waals surface area contributed by atoms with Crippen LogP contribution in [0.25, 0.3) is 0 Å². The predicted octanol–water partition coefficient (Wildman–Crippen LogP) is 2.85. The maximum absolute atomic E-state index is 12.7. The number of aryl methyl sites for hydroxylation is 2. The molecule has 2 aromatic heterocycles. The first-order valence-corrected chi connectivity index (χ1v) is 8.47. The molecule has 0 spiro atoms.